The zero-order valence-electron chi connectivity index (χ0n) is 13.2. The maximum absolute atomic E-state index is 12.0. The molecule has 23 heavy (non-hydrogen) atoms. The smallest absolute Gasteiger partial charge is 0.248 e. The molecule has 0 bridgehead atoms. The summed E-state index contributed by atoms with van der Waals surface area (Å²) in [5, 5.41) is 2.83. The van der Waals surface area contributed by atoms with Crippen LogP contribution < -0.4 is 10.1 Å². The van der Waals surface area contributed by atoms with E-state index in [0.29, 0.717) is 31.3 Å². The molecule has 4 nitrogen and oxygen atoms in total. The van der Waals surface area contributed by atoms with E-state index in [1.165, 1.54) is 6.08 Å². The van der Waals surface area contributed by atoms with E-state index in [1.54, 1.807) is 6.08 Å². The van der Waals surface area contributed by atoms with Gasteiger partial charge in [0.2, 0.25) is 5.91 Å². The Balaban J connectivity index is 1.93. The Labute approximate surface area is 136 Å². The van der Waals surface area contributed by atoms with Crippen LogP contribution in [0.4, 0.5) is 5.69 Å². The minimum atomic E-state index is -0.199. The van der Waals surface area contributed by atoms with Gasteiger partial charge in [0.25, 0.3) is 0 Å². The lowest BCUT2D eigenvalue weighted by atomic mass is 10.2. The lowest BCUT2D eigenvalue weighted by molar-refractivity contribution is -0.111. The monoisotopic (exact) mass is 311 g/mol. The van der Waals surface area contributed by atoms with Crippen molar-refractivity contribution in [1.29, 1.82) is 0 Å². The molecule has 0 fully saturated rings. The normalized spacial score (nSPS) is 10.7. The first-order valence-corrected chi connectivity index (χ1v) is 7.63. The van der Waals surface area contributed by atoms with Gasteiger partial charge in [-0.1, -0.05) is 42.5 Å². The van der Waals surface area contributed by atoms with E-state index < -0.39 is 0 Å². The van der Waals surface area contributed by atoms with Crippen LogP contribution in [0.25, 0.3) is 6.08 Å². The molecule has 0 heterocycles. The fourth-order valence-corrected chi connectivity index (χ4v) is 1.96. The molecule has 0 radical (unpaired) electrons. The van der Waals surface area contributed by atoms with Crippen LogP contribution in [0.3, 0.4) is 0 Å². The maximum atomic E-state index is 12.0. The Bertz CT molecular complexity index is 638. The maximum Gasteiger partial charge on any atom is 0.248 e. The molecule has 0 saturated carbocycles. The molecular weight excluding hydrogens is 290 g/mol. The summed E-state index contributed by atoms with van der Waals surface area (Å²) in [7, 11) is 0. The van der Waals surface area contributed by atoms with Crippen LogP contribution in [0, 0.1) is 0 Å². The Morgan fingerprint density at radius 1 is 1.04 bits per heavy atom. The predicted octanol–water partition coefficient (Wildman–Crippen LogP) is 3.75. The van der Waals surface area contributed by atoms with E-state index in [1.807, 2.05) is 61.5 Å². The van der Waals surface area contributed by atoms with Crippen molar-refractivity contribution < 1.29 is 14.3 Å². The van der Waals surface area contributed by atoms with Gasteiger partial charge in [-0.25, -0.2) is 0 Å². The van der Waals surface area contributed by atoms with Crippen molar-refractivity contribution >= 4 is 17.7 Å². The molecule has 1 amide bonds. The summed E-state index contributed by atoms with van der Waals surface area (Å²) < 4.78 is 10.9. The van der Waals surface area contributed by atoms with Crippen LogP contribution in [-0.2, 0) is 9.53 Å². The number of hydrogen-bond donors (Lipinski definition) is 1. The summed E-state index contributed by atoms with van der Waals surface area (Å²) in [6, 6.07) is 17.0. The second kappa shape index (κ2) is 9.43. The lowest BCUT2D eigenvalue weighted by Gasteiger charge is -2.11. The number of carbonyl (C=O) groups excluding carboxylic acids is 1. The third-order valence-corrected chi connectivity index (χ3v) is 3.06. The third-order valence-electron chi connectivity index (χ3n) is 3.06. The molecule has 4 heteroatoms. The SMILES string of the molecule is CCOCCOc1ccccc1NC(=O)/C=C/c1ccccc1. The van der Waals surface area contributed by atoms with E-state index in [9.17, 15) is 4.79 Å². The van der Waals surface area contributed by atoms with E-state index >= 15 is 0 Å². The fourth-order valence-electron chi connectivity index (χ4n) is 1.96. The first kappa shape index (κ1) is 16.8. The minimum Gasteiger partial charge on any atom is -0.489 e. The molecule has 0 aliphatic carbocycles. The van der Waals surface area contributed by atoms with Gasteiger partial charge < -0.3 is 14.8 Å². The highest BCUT2D eigenvalue weighted by atomic mass is 16.5. The van der Waals surface area contributed by atoms with Crippen molar-refractivity contribution in [3.05, 3.63) is 66.2 Å². The fraction of sp³-hybridized carbons (Fsp3) is 0.211. The standard InChI is InChI=1S/C19H21NO3/c1-2-22-14-15-23-18-11-7-6-10-17(18)20-19(21)13-12-16-8-4-3-5-9-16/h3-13H,2,14-15H2,1H3,(H,20,21)/b13-12+. The van der Waals surface area contributed by atoms with Gasteiger partial charge in [0.1, 0.15) is 12.4 Å². The molecule has 0 spiro atoms. The third kappa shape index (κ3) is 5.96. The van der Waals surface area contributed by atoms with Crippen LogP contribution in [0.15, 0.2) is 60.7 Å². The Morgan fingerprint density at radius 3 is 2.57 bits per heavy atom. The average Bonchev–Trinajstić information content (AvgIpc) is 2.59. The molecule has 0 atom stereocenters. The Kier molecular flexibility index (Phi) is 6.88. The summed E-state index contributed by atoms with van der Waals surface area (Å²) in [6.45, 7) is 3.56. The molecule has 0 unspecified atom stereocenters. The van der Waals surface area contributed by atoms with Gasteiger partial charge in [-0.15, -0.1) is 0 Å². The summed E-state index contributed by atoms with van der Waals surface area (Å²) in [5.74, 6) is 0.434. The first-order chi connectivity index (χ1) is 11.3. The second-order valence-corrected chi connectivity index (χ2v) is 4.77. The number of hydrogen-bond acceptors (Lipinski definition) is 3. The number of amides is 1. The zero-order chi connectivity index (χ0) is 16.3. The van der Waals surface area contributed by atoms with Crippen LogP contribution in [-0.4, -0.2) is 25.7 Å². The zero-order valence-corrected chi connectivity index (χ0v) is 13.2. The highest BCUT2D eigenvalue weighted by Gasteiger charge is 2.05. The van der Waals surface area contributed by atoms with E-state index in [4.69, 9.17) is 9.47 Å². The van der Waals surface area contributed by atoms with Crippen molar-refractivity contribution in [2.24, 2.45) is 0 Å². The van der Waals surface area contributed by atoms with Crippen molar-refractivity contribution in [1.82, 2.24) is 0 Å². The highest BCUT2D eigenvalue weighted by Crippen LogP contribution is 2.23. The molecule has 120 valence electrons. The number of rotatable bonds is 8. The number of ether oxygens (including phenoxy) is 2. The number of anilines is 1. The van der Waals surface area contributed by atoms with Gasteiger partial charge in [-0.2, -0.15) is 0 Å². The summed E-state index contributed by atoms with van der Waals surface area (Å²) in [4.78, 5) is 12.0. The quantitative estimate of drug-likeness (QED) is 0.596. The highest BCUT2D eigenvalue weighted by molar-refractivity contribution is 6.02. The Hall–Kier alpha value is -2.59. The number of benzene rings is 2. The molecule has 0 aliphatic rings. The topological polar surface area (TPSA) is 47.6 Å². The van der Waals surface area contributed by atoms with Crippen molar-refractivity contribution in [3.8, 4) is 5.75 Å². The molecule has 2 aromatic carbocycles. The van der Waals surface area contributed by atoms with Gasteiger partial charge in [-0.05, 0) is 30.7 Å². The van der Waals surface area contributed by atoms with E-state index in [0.717, 1.165) is 5.56 Å². The molecule has 0 saturated heterocycles. The van der Waals surface area contributed by atoms with Gasteiger partial charge in [0.15, 0.2) is 0 Å². The summed E-state index contributed by atoms with van der Waals surface area (Å²) in [5.41, 5.74) is 1.62. The largest absolute Gasteiger partial charge is 0.489 e. The van der Waals surface area contributed by atoms with Crippen LogP contribution in [0.5, 0.6) is 5.75 Å². The molecule has 0 aliphatic heterocycles. The predicted molar refractivity (Wildman–Crippen MR) is 92.5 cm³/mol. The van der Waals surface area contributed by atoms with E-state index in [2.05, 4.69) is 5.32 Å². The first-order valence-electron chi connectivity index (χ1n) is 7.63. The molecule has 1 N–H and O–H groups in total. The van der Waals surface area contributed by atoms with Crippen molar-refractivity contribution in [2.75, 3.05) is 25.1 Å². The van der Waals surface area contributed by atoms with Crippen molar-refractivity contribution in [3.63, 3.8) is 0 Å². The summed E-state index contributed by atoms with van der Waals surface area (Å²) >= 11 is 0. The molecular formula is C19H21NO3. The molecule has 2 rings (SSSR count). The van der Waals surface area contributed by atoms with E-state index in [-0.39, 0.29) is 5.91 Å². The van der Waals surface area contributed by atoms with Gasteiger partial charge in [0.05, 0.1) is 12.3 Å². The van der Waals surface area contributed by atoms with Gasteiger partial charge in [-0.3, -0.25) is 4.79 Å². The van der Waals surface area contributed by atoms with Gasteiger partial charge >= 0.3 is 0 Å². The Morgan fingerprint density at radius 2 is 1.78 bits per heavy atom. The summed E-state index contributed by atoms with van der Waals surface area (Å²) in [6.07, 6.45) is 3.28. The van der Waals surface area contributed by atoms with Gasteiger partial charge in [0, 0.05) is 12.7 Å². The minimum absolute atomic E-state index is 0.199. The lowest BCUT2D eigenvalue weighted by Crippen LogP contribution is -2.11. The van der Waals surface area contributed by atoms with Crippen molar-refractivity contribution in [2.45, 2.75) is 6.92 Å². The van der Waals surface area contributed by atoms with Crippen LogP contribution >= 0.6 is 0 Å². The number of nitrogens with one attached hydrogen (secondary N) is 1. The van der Waals surface area contributed by atoms with Crippen LogP contribution in [0.1, 0.15) is 12.5 Å². The number of carbonyl (C=O) groups is 1. The number of para-hydroxylation sites is 2. The van der Waals surface area contributed by atoms with Crippen LogP contribution in [0.2, 0.25) is 0 Å². The molecule has 2 aromatic rings. The second-order valence-electron chi connectivity index (χ2n) is 4.77. The average molecular weight is 311 g/mol. The molecule has 0 aromatic heterocycles.